The van der Waals surface area contributed by atoms with Gasteiger partial charge in [0, 0.05) is 23.9 Å². The molecule has 0 N–H and O–H groups in total. The van der Waals surface area contributed by atoms with Crippen molar-refractivity contribution < 1.29 is 17.2 Å². The van der Waals surface area contributed by atoms with E-state index in [0.717, 1.165) is 11.3 Å². The number of nitrogens with zero attached hydrogens (tertiary/aromatic N) is 2. The molecular formula is C15H20F2N2O2S. The Labute approximate surface area is 129 Å². The number of hydrogen-bond donors (Lipinski definition) is 0. The third-order valence-corrected chi connectivity index (χ3v) is 6.81. The Hall–Kier alpha value is -1.24. The number of sulfonamides is 1. The summed E-state index contributed by atoms with van der Waals surface area (Å²) in [6, 6.07) is 1.73. The van der Waals surface area contributed by atoms with Gasteiger partial charge in [-0.15, -0.1) is 0 Å². The molecule has 22 heavy (non-hydrogen) atoms. The number of pyridine rings is 1. The van der Waals surface area contributed by atoms with E-state index in [1.165, 1.54) is 4.31 Å². The maximum absolute atomic E-state index is 13.5. The van der Waals surface area contributed by atoms with E-state index in [1.807, 2.05) is 0 Å². The summed E-state index contributed by atoms with van der Waals surface area (Å²) in [5.41, 5.74) is 0.829. The second-order valence-electron chi connectivity index (χ2n) is 6.40. The van der Waals surface area contributed by atoms with E-state index in [4.69, 9.17) is 0 Å². The Bertz CT molecular complexity index is 670. The quantitative estimate of drug-likeness (QED) is 0.853. The lowest BCUT2D eigenvalue weighted by Gasteiger charge is -2.30. The molecule has 0 aromatic carbocycles. The highest BCUT2D eigenvalue weighted by Crippen LogP contribution is 2.45. The minimum Gasteiger partial charge on any atom is -0.269 e. The van der Waals surface area contributed by atoms with Crippen molar-refractivity contribution in [1.82, 2.24) is 4.98 Å². The molecule has 1 aliphatic heterocycles. The first-order valence-corrected chi connectivity index (χ1v) is 9.19. The van der Waals surface area contributed by atoms with Crippen LogP contribution in [0.15, 0.2) is 12.3 Å². The number of hydrogen-bond acceptors (Lipinski definition) is 3. The number of aromatic nitrogens is 1. The predicted octanol–water partition coefficient (Wildman–Crippen LogP) is 2.91. The summed E-state index contributed by atoms with van der Waals surface area (Å²) in [5.74, 6) is -0.460. The topological polar surface area (TPSA) is 50.3 Å². The highest BCUT2D eigenvalue weighted by atomic mass is 32.2. The zero-order valence-electron chi connectivity index (χ0n) is 12.6. The van der Waals surface area contributed by atoms with Crippen LogP contribution in [0.2, 0.25) is 0 Å². The first kappa shape index (κ1) is 15.6. The van der Waals surface area contributed by atoms with Crippen LogP contribution in [0.3, 0.4) is 0 Å². The van der Waals surface area contributed by atoms with Gasteiger partial charge < -0.3 is 0 Å². The third-order valence-electron chi connectivity index (χ3n) is 4.82. The summed E-state index contributed by atoms with van der Waals surface area (Å²) in [5, 5.41) is 0. The van der Waals surface area contributed by atoms with Crippen LogP contribution >= 0.6 is 0 Å². The molecule has 0 atom stereocenters. The van der Waals surface area contributed by atoms with Crippen molar-refractivity contribution in [2.45, 2.75) is 45.5 Å². The monoisotopic (exact) mass is 330 g/mol. The van der Waals surface area contributed by atoms with Gasteiger partial charge >= 0.3 is 0 Å². The van der Waals surface area contributed by atoms with Crippen molar-refractivity contribution in [3.05, 3.63) is 23.5 Å². The Kier molecular flexibility index (Phi) is 3.87. The highest BCUT2D eigenvalue weighted by molar-refractivity contribution is 7.92. The van der Waals surface area contributed by atoms with Crippen molar-refractivity contribution >= 4 is 15.7 Å². The summed E-state index contributed by atoms with van der Waals surface area (Å²) in [6.07, 6.45) is 1.62. The molecule has 1 saturated carbocycles. The molecule has 0 amide bonds. The van der Waals surface area contributed by atoms with E-state index in [1.54, 1.807) is 19.2 Å². The van der Waals surface area contributed by atoms with Crippen LogP contribution in [-0.2, 0) is 16.4 Å². The standard InChI is InChI=1S/C15H20F2N2O2S/c1-11-8-13-12(9-18-11)4-7-19(13)22(20,21)10-15(14(16)17)5-2-3-6-15/h8-9,14H,2-7,10H2,1H3. The molecule has 0 bridgehead atoms. The van der Waals surface area contributed by atoms with Crippen molar-refractivity contribution in [1.29, 1.82) is 0 Å². The first-order valence-electron chi connectivity index (χ1n) is 7.58. The Balaban J connectivity index is 1.91. The smallest absolute Gasteiger partial charge is 0.245 e. The summed E-state index contributed by atoms with van der Waals surface area (Å²) in [4.78, 5) is 4.17. The van der Waals surface area contributed by atoms with Gasteiger partial charge in [-0.1, -0.05) is 12.8 Å². The van der Waals surface area contributed by atoms with Crippen LogP contribution in [-0.4, -0.2) is 32.1 Å². The fourth-order valence-electron chi connectivity index (χ4n) is 3.58. The van der Waals surface area contributed by atoms with Crippen molar-refractivity contribution in [3.8, 4) is 0 Å². The Morgan fingerprint density at radius 1 is 1.36 bits per heavy atom. The maximum Gasteiger partial charge on any atom is 0.245 e. The number of aryl methyl sites for hydroxylation is 1. The molecule has 1 aromatic heterocycles. The van der Waals surface area contributed by atoms with Crippen LogP contribution in [0.1, 0.15) is 36.9 Å². The lowest BCUT2D eigenvalue weighted by Crippen LogP contribution is -2.41. The van der Waals surface area contributed by atoms with Gasteiger partial charge in [-0.05, 0) is 37.8 Å². The lowest BCUT2D eigenvalue weighted by molar-refractivity contribution is 0.0141. The Morgan fingerprint density at radius 3 is 2.68 bits per heavy atom. The van der Waals surface area contributed by atoms with Gasteiger partial charge in [0.25, 0.3) is 0 Å². The first-order chi connectivity index (χ1) is 10.3. The second-order valence-corrected chi connectivity index (χ2v) is 8.30. The fourth-order valence-corrected chi connectivity index (χ4v) is 5.71. The van der Waals surface area contributed by atoms with Crippen molar-refractivity contribution in [2.75, 3.05) is 16.6 Å². The Morgan fingerprint density at radius 2 is 2.05 bits per heavy atom. The molecule has 2 heterocycles. The van der Waals surface area contributed by atoms with E-state index < -0.39 is 27.6 Å². The third kappa shape index (κ3) is 2.59. The molecule has 0 unspecified atom stereocenters. The second kappa shape index (κ2) is 5.44. The molecule has 0 spiro atoms. The van der Waals surface area contributed by atoms with Gasteiger partial charge in [0.15, 0.2) is 0 Å². The molecule has 4 nitrogen and oxygen atoms in total. The molecule has 122 valence electrons. The van der Waals surface area contributed by atoms with E-state index >= 15 is 0 Å². The van der Waals surface area contributed by atoms with Crippen LogP contribution in [0.4, 0.5) is 14.5 Å². The number of fused-ring (bicyclic) bond motifs is 1. The molecule has 0 saturated heterocycles. The number of alkyl halides is 2. The van der Waals surface area contributed by atoms with E-state index in [9.17, 15) is 17.2 Å². The fraction of sp³-hybridized carbons (Fsp3) is 0.667. The summed E-state index contributed by atoms with van der Waals surface area (Å²) in [7, 11) is -3.75. The predicted molar refractivity (Wildman–Crippen MR) is 80.7 cm³/mol. The van der Waals surface area contributed by atoms with E-state index in [0.29, 0.717) is 44.3 Å². The zero-order chi connectivity index (χ0) is 16.0. The van der Waals surface area contributed by atoms with Crippen LogP contribution < -0.4 is 4.31 Å². The highest BCUT2D eigenvalue weighted by Gasteiger charge is 2.47. The van der Waals surface area contributed by atoms with Crippen molar-refractivity contribution in [3.63, 3.8) is 0 Å². The van der Waals surface area contributed by atoms with E-state index in [2.05, 4.69) is 4.98 Å². The summed E-state index contributed by atoms with van der Waals surface area (Å²) >= 11 is 0. The molecular weight excluding hydrogens is 310 g/mol. The number of anilines is 1. The number of halogens is 2. The average molecular weight is 330 g/mol. The van der Waals surface area contributed by atoms with Gasteiger partial charge in [-0.2, -0.15) is 0 Å². The van der Waals surface area contributed by atoms with Gasteiger partial charge in [-0.25, -0.2) is 17.2 Å². The summed E-state index contributed by atoms with van der Waals surface area (Å²) < 4.78 is 53.8. The molecule has 3 rings (SSSR count). The normalized spacial score (nSPS) is 20.6. The van der Waals surface area contributed by atoms with Gasteiger partial charge in [0.1, 0.15) is 0 Å². The molecule has 7 heteroatoms. The van der Waals surface area contributed by atoms with Gasteiger partial charge in [0.2, 0.25) is 16.4 Å². The van der Waals surface area contributed by atoms with Gasteiger partial charge in [0.05, 0.1) is 11.4 Å². The van der Waals surface area contributed by atoms with Gasteiger partial charge in [-0.3, -0.25) is 9.29 Å². The lowest BCUT2D eigenvalue weighted by atomic mass is 9.89. The molecule has 1 aliphatic carbocycles. The van der Waals surface area contributed by atoms with E-state index in [-0.39, 0.29) is 0 Å². The molecule has 1 fully saturated rings. The maximum atomic E-state index is 13.5. The number of rotatable bonds is 4. The van der Waals surface area contributed by atoms with Crippen LogP contribution in [0.5, 0.6) is 0 Å². The summed E-state index contributed by atoms with van der Waals surface area (Å²) in [6.45, 7) is 2.11. The molecule has 0 radical (unpaired) electrons. The minimum absolute atomic E-state index is 0.292. The largest absolute Gasteiger partial charge is 0.269 e. The van der Waals surface area contributed by atoms with Crippen LogP contribution in [0, 0.1) is 12.3 Å². The average Bonchev–Trinajstić information content (AvgIpc) is 3.05. The van der Waals surface area contributed by atoms with Crippen molar-refractivity contribution in [2.24, 2.45) is 5.41 Å². The minimum atomic E-state index is -3.75. The van der Waals surface area contributed by atoms with Crippen LogP contribution in [0.25, 0.3) is 0 Å². The SMILES string of the molecule is Cc1cc2c(cn1)CCN2S(=O)(=O)CC1(C(F)F)CCCC1. The molecule has 2 aliphatic rings. The zero-order valence-corrected chi connectivity index (χ0v) is 13.4. The molecule has 1 aromatic rings.